The number of aryl methyl sites for hydroxylation is 2. The molecule has 0 spiro atoms. The van der Waals surface area contributed by atoms with Crippen LogP contribution in [0.2, 0.25) is 0 Å². The summed E-state index contributed by atoms with van der Waals surface area (Å²) >= 11 is 1.54. The molecule has 2 heterocycles. The third-order valence-electron chi connectivity index (χ3n) is 3.00. The van der Waals surface area contributed by atoms with Crippen LogP contribution in [0.25, 0.3) is 5.00 Å². The fraction of sp³-hybridized carbons (Fsp3) is 0.286. The van der Waals surface area contributed by atoms with Crippen molar-refractivity contribution >= 4 is 17.3 Å². The van der Waals surface area contributed by atoms with E-state index in [9.17, 15) is 10.1 Å². The molecule has 0 unspecified atom stereocenters. The van der Waals surface area contributed by atoms with Crippen LogP contribution < -0.4 is 0 Å². The Hall–Kier alpha value is -2.06. The molecule has 0 aliphatic rings. The van der Waals surface area contributed by atoms with Crippen LogP contribution >= 0.6 is 11.3 Å². The van der Waals surface area contributed by atoms with Gasteiger partial charge in [0, 0.05) is 16.3 Å². The number of aromatic nitrogens is 1. The molecule has 0 bridgehead atoms. The van der Waals surface area contributed by atoms with Crippen LogP contribution in [0.3, 0.4) is 0 Å². The van der Waals surface area contributed by atoms with Gasteiger partial charge in [0.05, 0.1) is 18.2 Å². The highest BCUT2D eigenvalue weighted by atomic mass is 32.1. The average Bonchev–Trinajstić information content (AvgIpc) is 2.88. The number of ether oxygens (including phenoxy) is 1. The number of hydrogen-bond acceptors (Lipinski definition) is 4. The zero-order chi connectivity index (χ0) is 14.2. The van der Waals surface area contributed by atoms with Crippen molar-refractivity contribution in [2.45, 2.75) is 20.8 Å². The van der Waals surface area contributed by atoms with Crippen molar-refractivity contribution in [2.24, 2.45) is 0 Å². The number of rotatable bonds is 2. The Balaban J connectivity index is 2.67. The van der Waals surface area contributed by atoms with Crippen molar-refractivity contribution in [1.29, 1.82) is 5.26 Å². The topological polar surface area (TPSA) is 55.0 Å². The molecule has 0 fully saturated rings. The van der Waals surface area contributed by atoms with E-state index in [-0.39, 0.29) is 5.97 Å². The van der Waals surface area contributed by atoms with Gasteiger partial charge in [-0.2, -0.15) is 5.26 Å². The van der Waals surface area contributed by atoms with Gasteiger partial charge in [0.2, 0.25) is 0 Å². The first kappa shape index (κ1) is 13.4. The molecule has 0 aromatic carbocycles. The number of carbonyl (C=O) groups excluding carboxylic acids is 1. The molecule has 2 aromatic rings. The van der Waals surface area contributed by atoms with E-state index in [4.69, 9.17) is 4.74 Å². The third-order valence-corrected chi connectivity index (χ3v) is 4.03. The number of methoxy groups -OCH3 is 1. The highest BCUT2D eigenvalue weighted by Crippen LogP contribution is 2.30. The lowest BCUT2D eigenvalue weighted by atomic mass is 10.2. The standard InChI is InChI=1S/C14H14N2O2S/c1-8-5-12(14(17)18-4)10(3)16(8)13-11(7-15)6-9(2)19-13/h5-6H,1-4H3. The summed E-state index contributed by atoms with van der Waals surface area (Å²) in [4.78, 5) is 12.8. The summed E-state index contributed by atoms with van der Waals surface area (Å²) in [5, 5.41) is 10.0. The first-order valence-corrected chi connectivity index (χ1v) is 6.59. The molecule has 4 nitrogen and oxygen atoms in total. The summed E-state index contributed by atoms with van der Waals surface area (Å²) in [5.74, 6) is -0.355. The third kappa shape index (κ3) is 2.15. The molecule has 0 aliphatic heterocycles. The number of carbonyl (C=O) groups is 1. The zero-order valence-electron chi connectivity index (χ0n) is 11.3. The van der Waals surface area contributed by atoms with Gasteiger partial charge in [-0.1, -0.05) is 0 Å². The van der Waals surface area contributed by atoms with Gasteiger partial charge in [0.15, 0.2) is 0 Å². The molecule has 0 amide bonds. The lowest BCUT2D eigenvalue weighted by Gasteiger charge is -2.07. The molecule has 0 aliphatic carbocycles. The molecule has 98 valence electrons. The highest BCUT2D eigenvalue weighted by molar-refractivity contribution is 7.14. The van der Waals surface area contributed by atoms with E-state index in [0.29, 0.717) is 11.1 Å². The number of esters is 1. The zero-order valence-corrected chi connectivity index (χ0v) is 12.1. The van der Waals surface area contributed by atoms with Crippen molar-refractivity contribution in [2.75, 3.05) is 7.11 Å². The maximum atomic E-state index is 11.7. The summed E-state index contributed by atoms with van der Waals surface area (Å²) in [6, 6.07) is 5.84. The first-order chi connectivity index (χ1) is 8.99. The van der Waals surface area contributed by atoms with Gasteiger partial charge in [-0.25, -0.2) is 4.79 Å². The normalized spacial score (nSPS) is 10.3. The van der Waals surface area contributed by atoms with Gasteiger partial charge in [-0.15, -0.1) is 11.3 Å². The maximum Gasteiger partial charge on any atom is 0.339 e. The SMILES string of the molecule is COC(=O)c1cc(C)n(-c2sc(C)cc2C#N)c1C. The van der Waals surface area contributed by atoms with E-state index in [2.05, 4.69) is 6.07 Å². The molecule has 0 atom stereocenters. The molecule has 2 rings (SSSR count). The second-order valence-electron chi connectivity index (χ2n) is 4.30. The molecule has 2 aromatic heterocycles. The van der Waals surface area contributed by atoms with Crippen molar-refractivity contribution in [3.8, 4) is 11.1 Å². The van der Waals surface area contributed by atoms with Crippen LogP contribution in [0.5, 0.6) is 0 Å². The van der Waals surface area contributed by atoms with Crippen LogP contribution in [0.1, 0.15) is 32.2 Å². The molecule has 0 N–H and O–H groups in total. The second kappa shape index (κ2) is 4.90. The van der Waals surface area contributed by atoms with Crippen LogP contribution in [0, 0.1) is 32.1 Å². The molecule has 0 saturated carbocycles. The summed E-state index contributed by atoms with van der Waals surface area (Å²) in [7, 11) is 1.37. The lowest BCUT2D eigenvalue weighted by Crippen LogP contribution is -2.04. The Morgan fingerprint density at radius 2 is 2.05 bits per heavy atom. The Kier molecular flexibility index (Phi) is 3.45. The highest BCUT2D eigenvalue weighted by Gasteiger charge is 2.19. The van der Waals surface area contributed by atoms with Gasteiger partial charge in [0.1, 0.15) is 11.1 Å². The van der Waals surface area contributed by atoms with Gasteiger partial charge < -0.3 is 9.30 Å². The summed E-state index contributed by atoms with van der Waals surface area (Å²) in [6.45, 7) is 5.73. The Morgan fingerprint density at radius 1 is 1.37 bits per heavy atom. The molecular weight excluding hydrogens is 260 g/mol. The van der Waals surface area contributed by atoms with E-state index in [1.54, 1.807) is 17.4 Å². The van der Waals surface area contributed by atoms with E-state index in [1.807, 2.05) is 31.4 Å². The molecular formula is C14H14N2O2S. The Labute approximate surface area is 115 Å². The minimum absolute atomic E-state index is 0.355. The van der Waals surface area contributed by atoms with Crippen molar-refractivity contribution < 1.29 is 9.53 Å². The predicted molar refractivity (Wildman–Crippen MR) is 73.9 cm³/mol. The van der Waals surface area contributed by atoms with Crippen molar-refractivity contribution in [3.63, 3.8) is 0 Å². The number of nitriles is 1. The van der Waals surface area contributed by atoms with E-state index >= 15 is 0 Å². The van der Waals surface area contributed by atoms with Crippen LogP contribution in [0.15, 0.2) is 12.1 Å². The minimum atomic E-state index is -0.355. The maximum absolute atomic E-state index is 11.7. The first-order valence-electron chi connectivity index (χ1n) is 5.77. The number of hydrogen-bond donors (Lipinski definition) is 0. The molecule has 19 heavy (non-hydrogen) atoms. The van der Waals surface area contributed by atoms with Crippen molar-refractivity contribution in [3.05, 3.63) is 39.5 Å². The second-order valence-corrected chi connectivity index (χ2v) is 5.53. The summed E-state index contributed by atoms with van der Waals surface area (Å²) in [6.07, 6.45) is 0. The smallest absolute Gasteiger partial charge is 0.339 e. The predicted octanol–water partition coefficient (Wildman–Crippen LogP) is 3.12. The minimum Gasteiger partial charge on any atom is -0.465 e. The Bertz CT molecular complexity index is 689. The van der Waals surface area contributed by atoms with Gasteiger partial charge in [0.25, 0.3) is 0 Å². The van der Waals surface area contributed by atoms with Gasteiger partial charge in [-0.3, -0.25) is 0 Å². The largest absolute Gasteiger partial charge is 0.465 e. The molecule has 5 heteroatoms. The van der Waals surface area contributed by atoms with E-state index < -0.39 is 0 Å². The lowest BCUT2D eigenvalue weighted by molar-refractivity contribution is 0.0600. The summed E-state index contributed by atoms with van der Waals surface area (Å²) in [5.41, 5.74) is 2.87. The van der Waals surface area contributed by atoms with E-state index in [0.717, 1.165) is 21.3 Å². The summed E-state index contributed by atoms with van der Waals surface area (Å²) < 4.78 is 6.70. The average molecular weight is 274 g/mol. The van der Waals surface area contributed by atoms with E-state index in [1.165, 1.54) is 7.11 Å². The van der Waals surface area contributed by atoms with Crippen molar-refractivity contribution in [1.82, 2.24) is 4.57 Å². The quantitative estimate of drug-likeness (QED) is 0.791. The van der Waals surface area contributed by atoms with Gasteiger partial charge in [-0.05, 0) is 32.9 Å². The fourth-order valence-corrected chi connectivity index (χ4v) is 3.21. The van der Waals surface area contributed by atoms with Crippen LogP contribution in [-0.2, 0) is 4.74 Å². The fourth-order valence-electron chi connectivity index (χ4n) is 2.14. The Morgan fingerprint density at radius 3 is 2.63 bits per heavy atom. The monoisotopic (exact) mass is 274 g/mol. The van der Waals surface area contributed by atoms with Crippen LogP contribution in [-0.4, -0.2) is 17.6 Å². The number of thiophene rings is 1. The molecule has 0 saturated heterocycles. The molecule has 0 radical (unpaired) electrons. The van der Waals surface area contributed by atoms with Gasteiger partial charge >= 0.3 is 5.97 Å². The van der Waals surface area contributed by atoms with Crippen LogP contribution in [0.4, 0.5) is 0 Å². The number of nitrogens with zero attached hydrogens (tertiary/aromatic N) is 2.